The van der Waals surface area contributed by atoms with E-state index in [1.54, 1.807) is 0 Å². The van der Waals surface area contributed by atoms with Gasteiger partial charge in [0.2, 0.25) is 15.9 Å². The van der Waals surface area contributed by atoms with Crippen LogP contribution in [0.25, 0.3) is 0 Å². The van der Waals surface area contributed by atoms with Gasteiger partial charge in [-0.2, -0.15) is 0 Å². The van der Waals surface area contributed by atoms with Gasteiger partial charge in [0, 0.05) is 26.1 Å². The summed E-state index contributed by atoms with van der Waals surface area (Å²) in [5, 5.41) is 20.1. The van der Waals surface area contributed by atoms with Gasteiger partial charge in [-0.1, -0.05) is 0 Å². The van der Waals surface area contributed by atoms with E-state index in [-0.39, 0.29) is 25.4 Å². The Bertz CT molecular complexity index is 464. The SMILES string of the molecule is CS(=O)(=O)N1CCCC(C(=O)NCCC(O)C(=O)O)C1. The molecule has 1 aliphatic rings. The van der Waals surface area contributed by atoms with Crippen molar-refractivity contribution >= 4 is 21.9 Å². The van der Waals surface area contributed by atoms with Crippen molar-refractivity contribution in [2.24, 2.45) is 5.92 Å². The van der Waals surface area contributed by atoms with Crippen molar-refractivity contribution in [1.29, 1.82) is 0 Å². The van der Waals surface area contributed by atoms with Crippen LogP contribution in [0.15, 0.2) is 0 Å². The molecule has 0 aliphatic carbocycles. The minimum Gasteiger partial charge on any atom is -0.479 e. The molecule has 3 N–H and O–H groups in total. The van der Waals surface area contributed by atoms with Gasteiger partial charge in [-0.05, 0) is 12.8 Å². The van der Waals surface area contributed by atoms with Crippen LogP contribution in [0.3, 0.4) is 0 Å². The first-order valence-electron chi connectivity index (χ1n) is 6.35. The van der Waals surface area contributed by atoms with Crippen LogP contribution in [-0.2, 0) is 19.6 Å². The number of nitrogens with zero attached hydrogens (tertiary/aromatic N) is 1. The van der Waals surface area contributed by atoms with Gasteiger partial charge in [0.15, 0.2) is 6.10 Å². The Morgan fingerprint density at radius 1 is 1.45 bits per heavy atom. The molecule has 0 aromatic carbocycles. The number of hydrogen-bond donors (Lipinski definition) is 3. The molecule has 1 amide bonds. The first kappa shape index (κ1) is 16.9. The molecule has 1 heterocycles. The molecule has 1 fully saturated rings. The number of carbonyl (C=O) groups excluding carboxylic acids is 1. The topological polar surface area (TPSA) is 124 Å². The summed E-state index contributed by atoms with van der Waals surface area (Å²) in [5.41, 5.74) is 0. The number of piperidine rings is 1. The van der Waals surface area contributed by atoms with E-state index in [9.17, 15) is 18.0 Å². The number of amides is 1. The predicted molar refractivity (Wildman–Crippen MR) is 70.4 cm³/mol. The number of aliphatic hydroxyl groups excluding tert-OH is 1. The molecule has 2 unspecified atom stereocenters. The second kappa shape index (κ2) is 7.00. The van der Waals surface area contributed by atoms with Crippen molar-refractivity contribution in [3.05, 3.63) is 0 Å². The molecular formula is C11H20N2O6S. The summed E-state index contributed by atoms with van der Waals surface area (Å²) < 4.78 is 24.1. The highest BCUT2D eigenvalue weighted by atomic mass is 32.2. The van der Waals surface area contributed by atoms with Crippen LogP contribution in [0.1, 0.15) is 19.3 Å². The lowest BCUT2D eigenvalue weighted by Gasteiger charge is -2.30. The van der Waals surface area contributed by atoms with Crippen molar-refractivity contribution in [3.63, 3.8) is 0 Å². The quantitative estimate of drug-likeness (QED) is 0.555. The van der Waals surface area contributed by atoms with E-state index in [2.05, 4.69) is 5.32 Å². The highest BCUT2D eigenvalue weighted by Gasteiger charge is 2.30. The zero-order chi connectivity index (χ0) is 15.3. The zero-order valence-corrected chi connectivity index (χ0v) is 12.1. The van der Waals surface area contributed by atoms with E-state index in [0.29, 0.717) is 19.4 Å². The summed E-state index contributed by atoms with van der Waals surface area (Å²) >= 11 is 0. The predicted octanol–water partition coefficient (Wildman–Crippen LogP) is -1.39. The number of aliphatic carboxylic acids is 1. The van der Waals surface area contributed by atoms with Gasteiger partial charge in [-0.3, -0.25) is 4.79 Å². The molecule has 1 rings (SSSR count). The largest absolute Gasteiger partial charge is 0.479 e. The Morgan fingerprint density at radius 3 is 2.65 bits per heavy atom. The normalized spacial score (nSPS) is 22.2. The number of carboxylic acids is 1. The van der Waals surface area contributed by atoms with Crippen LogP contribution in [0.4, 0.5) is 0 Å². The number of nitrogens with one attached hydrogen (secondary N) is 1. The Balaban J connectivity index is 2.42. The third-order valence-corrected chi connectivity index (χ3v) is 4.50. The fourth-order valence-corrected chi connectivity index (χ4v) is 2.97. The summed E-state index contributed by atoms with van der Waals surface area (Å²) in [6, 6.07) is 0. The summed E-state index contributed by atoms with van der Waals surface area (Å²) in [7, 11) is -3.30. The molecule has 1 saturated heterocycles. The maximum atomic E-state index is 11.9. The van der Waals surface area contributed by atoms with Gasteiger partial charge in [0.25, 0.3) is 0 Å². The van der Waals surface area contributed by atoms with Gasteiger partial charge in [-0.25, -0.2) is 17.5 Å². The number of carboxylic acid groups (broad SMARTS) is 1. The monoisotopic (exact) mass is 308 g/mol. The van der Waals surface area contributed by atoms with E-state index in [1.807, 2.05) is 0 Å². The number of carbonyl (C=O) groups is 2. The fraction of sp³-hybridized carbons (Fsp3) is 0.818. The minimum absolute atomic E-state index is 0.0433. The number of hydrogen-bond acceptors (Lipinski definition) is 5. The molecule has 0 bridgehead atoms. The van der Waals surface area contributed by atoms with Crippen LogP contribution in [0.2, 0.25) is 0 Å². The standard InChI is InChI=1S/C11H20N2O6S/c1-20(18,19)13-6-2-3-8(7-13)10(15)12-5-4-9(14)11(16)17/h8-9,14H,2-7H2,1H3,(H,12,15)(H,16,17). The second-order valence-corrected chi connectivity index (χ2v) is 6.88. The highest BCUT2D eigenvalue weighted by Crippen LogP contribution is 2.18. The van der Waals surface area contributed by atoms with Crippen LogP contribution in [0.5, 0.6) is 0 Å². The van der Waals surface area contributed by atoms with Crippen LogP contribution >= 0.6 is 0 Å². The molecule has 0 radical (unpaired) electrons. The van der Waals surface area contributed by atoms with Crippen molar-refractivity contribution in [2.75, 3.05) is 25.9 Å². The van der Waals surface area contributed by atoms with Crippen molar-refractivity contribution in [2.45, 2.75) is 25.4 Å². The third-order valence-electron chi connectivity index (χ3n) is 3.23. The average Bonchev–Trinajstić information content (AvgIpc) is 2.37. The summed E-state index contributed by atoms with van der Waals surface area (Å²) in [5.74, 6) is -2.07. The van der Waals surface area contributed by atoms with E-state index in [4.69, 9.17) is 10.2 Å². The molecule has 0 spiro atoms. The van der Waals surface area contributed by atoms with E-state index < -0.39 is 28.0 Å². The molecule has 0 aromatic rings. The average molecular weight is 308 g/mol. The second-order valence-electron chi connectivity index (χ2n) is 4.89. The first-order valence-corrected chi connectivity index (χ1v) is 8.20. The Morgan fingerprint density at radius 2 is 2.10 bits per heavy atom. The molecule has 0 aromatic heterocycles. The molecule has 8 nitrogen and oxygen atoms in total. The Kier molecular flexibility index (Phi) is 5.90. The van der Waals surface area contributed by atoms with Crippen LogP contribution in [0, 0.1) is 5.92 Å². The fourth-order valence-electron chi connectivity index (χ4n) is 2.06. The van der Waals surface area contributed by atoms with Gasteiger partial charge in [0.05, 0.1) is 12.2 Å². The van der Waals surface area contributed by atoms with Crippen LogP contribution in [-0.4, -0.2) is 66.8 Å². The molecule has 0 saturated carbocycles. The smallest absolute Gasteiger partial charge is 0.332 e. The lowest BCUT2D eigenvalue weighted by atomic mass is 9.99. The van der Waals surface area contributed by atoms with E-state index in [1.165, 1.54) is 4.31 Å². The number of sulfonamides is 1. The highest BCUT2D eigenvalue weighted by molar-refractivity contribution is 7.88. The lowest BCUT2D eigenvalue weighted by molar-refractivity contribution is -0.147. The maximum absolute atomic E-state index is 11.9. The van der Waals surface area contributed by atoms with Gasteiger partial charge < -0.3 is 15.5 Å². The van der Waals surface area contributed by atoms with Crippen LogP contribution < -0.4 is 5.32 Å². The Hall–Kier alpha value is -1.19. The van der Waals surface area contributed by atoms with Gasteiger partial charge in [0.1, 0.15) is 0 Å². The van der Waals surface area contributed by atoms with Gasteiger partial charge in [-0.15, -0.1) is 0 Å². The Labute approximate surface area is 117 Å². The molecular weight excluding hydrogens is 288 g/mol. The molecule has 1 aliphatic heterocycles. The molecule has 9 heteroatoms. The summed E-state index contributed by atoms with van der Waals surface area (Å²) in [4.78, 5) is 22.3. The van der Waals surface area contributed by atoms with Gasteiger partial charge >= 0.3 is 5.97 Å². The molecule has 20 heavy (non-hydrogen) atoms. The third kappa shape index (κ3) is 5.06. The van der Waals surface area contributed by atoms with Crippen molar-refractivity contribution in [1.82, 2.24) is 9.62 Å². The molecule has 2 atom stereocenters. The van der Waals surface area contributed by atoms with E-state index >= 15 is 0 Å². The zero-order valence-electron chi connectivity index (χ0n) is 11.3. The summed E-state index contributed by atoms with van der Waals surface area (Å²) in [6.45, 7) is 0.605. The number of rotatable bonds is 6. The summed E-state index contributed by atoms with van der Waals surface area (Å²) in [6.07, 6.45) is 0.733. The number of aliphatic hydroxyl groups is 1. The minimum atomic E-state index is -3.30. The molecule has 116 valence electrons. The van der Waals surface area contributed by atoms with Crippen molar-refractivity contribution < 1.29 is 28.2 Å². The van der Waals surface area contributed by atoms with Crippen molar-refractivity contribution in [3.8, 4) is 0 Å². The van der Waals surface area contributed by atoms with E-state index in [0.717, 1.165) is 6.26 Å². The lowest BCUT2D eigenvalue weighted by Crippen LogP contribution is -2.45. The maximum Gasteiger partial charge on any atom is 0.332 e. The first-order chi connectivity index (χ1) is 9.21.